The Morgan fingerprint density at radius 3 is 1.87 bits per heavy atom. The summed E-state index contributed by atoms with van der Waals surface area (Å²) in [5.74, 6) is 0. The van der Waals surface area contributed by atoms with Crippen LogP contribution in [0.2, 0.25) is 0 Å². The molecule has 0 bridgehead atoms. The molecule has 5 heteroatoms. The predicted molar refractivity (Wildman–Crippen MR) is 89.0 cm³/mol. The van der Waals surface area contributed by atoms with Crippen LogP contribution in [0.1, 0.15) is 0 Å². The van der Waals surface area contributed by atoms with E-state index in [0.717, 1.165) is 0 Å². The van der Waals surface area contributed by atoms with E-state index >= 15 is 0 Å². The van der Waals surface area contributed by atoms with Crippen molar-refractivity contribution in [2.45, 2.75) is 9.79 Å². The second-order valence-electron chi connectivity index (χ2n) is 4.82. The first-order valence-electron chi connectivity index (χ1n) is 7.04. The third kappa shape index (κ3) is 3.35. The zero-order chi connectivity index (χ0) is 16.1. The van der Waals surface area contributed by atoms with Crippen molar-refractivity contribution in [3.8, 4) is 0 Å². The topological polar surface area (TPSA) is 58.9 Å². The monoisotopic (exact) mass is 322 g/mol. The van der Waals surface area contributed by atoms with E-state index in [1.54, 1.807) is 66.7 Å². The highest BCUT2D eigenvalue weighted by Crippen LogP contribution is 2.30. The summed E-state index contributed by atoms with van der Waals surface area (Å²) in [6, 6.07) is 24.1. The largest absolute Gasteiger partial charge is 0.218 e. The van der Waals surface area contributed by atoms with Gasteiger partial charge in [-0.1, -0.05) is 48.5 Å². The van der Waals surface area contributed by atoms with Crippen molar-refractivity contribution in [3.05, 3.63) is 84.9 Å². The minimum Gasteiger partial charge on any atom is -0.218 e. The normalized spacial score (nSPS) is 11.7. The molecule has 0 saturated heterocycles. The maximum Gasteiger partial charge on any atom is 0.208 e. The lowest BCUT2D eigenvalue weighted by Gasteiger charge is -2.06. The van der Waals surface area contributed by atoms with Crippen molar-refractivity contribution < 1.29 is 8.42 Å². The number of benzene rings is 3. The lowest BCUT2D eigenvalue weighted by Crippen LogP contribution is -2.01. The lowest BCUT2D eigenvalue weighted by molar-refractivity contribution is 0.596. The molecule has 0 heterocycles. The molecule has 0 aliphatic rings. The number of sulfone groups is 1. The zero-order valence-electron chi connectivity index (χ0n) is 12.2. The quantitative estimate of drug-likeness (QED) is 0.639. The van der Waals surface area contributed by atoms with Crippen molar-refractivity contribution in [1.82, 2.24) is 0 Å². The second-order valence-corrected chi connectivity index (χ2v) is 6.74. The van der Waals surface area contributed by atoms with Crippen LogP contribution in [0.15, 0.2) is 105 Å². The Hall–Kier alpha value is -2.79. The van der Waals surface area contributed by atoms with Crippen LogP contribution in [0.3, 0.4) is 0 Å². The molecular formula is C18H14N2O2S. The molecule has 0 atom stereocenters. The zero-order valence-corrected chi connectivity index (χ0v) is 13.0. The summed E-state index contributed by atoms with van der Waals surface area (Å²) in [6.45, 7) is 0. The molecule has 3 aromatic carbocycles. The van der Waals surface area contributed by atoms with Gasteiger partial charge in [-0.15, -0.1) is 5.11 Å². The molecule has 0 amide bonds. The highest BCUT2D eigenvalue weighted by Gasteiger charge is 2.20. The van der Waals surface area contributed by atoms with E-state index in [-0.39, 0.29) is 9.79 Å². The van der Waals surface area contributed by atoms with E-state index in [1.807, 2.05) is 18.2 Å². The molecule has 0 spiro atoms. The van der Waals surface area contributed by atoms with Gasteiger partial charge >= 0.3 is 0 Å². The molecule has 0 saturated carbocycles. The summed E-state index contributed by atoms with van der Waals surface area (Å²) in [4.78, 5) is 0.383. The average Bonchev–Trinajstić information content (AvgIpc) is 2.62. The van der Waals surface area contributed by atoms with Gasteiger partial charge in [-0.25, -0.2) is 8.42 Å². The Balaban J connectivity index is 2.04. The SMILES string of the molecule is O=S(=O)(c1ccccc1)c1ccccc1N=Nc1ccccc1. The molecule has 0 radical (unpaired) electrons. The van der Waals surface area contributed by atoms with Crippen molar-refractivity contribution in [1.29, 1.82) is 0 Å². The van der Waals surface area contributed by atoms with Crippen LogP contribution in [0.5, 0.6) is 0 Å². The fraction of sp³-hybridized carbons (Fsp3) is 0. The molecule has 3 rings (SSSR count). The maximum atomic E-state index is 12.8. The predicted octanol–water partition coefficient (Wildman–Crippen LogP) is 4.93. The Bertz CT molecular complexity index is 922. The summed E-state index contributed by atoms with van der Waals surface area (Å²) < 4.78 is 25.5. The van der Waals surface area contributed by atoms with Crippen molar-refractivity contribution in [3.63, 3.8) is 0 Å². The minimum absolute atomic E-state index is 0.144. The Labute approximate surface area is 135 Å². The molecule has 0 aromatic heterocycles. The molecule has 0 N–H and O–H groups in total. The van der Waals surface area contributed by atoms with Crippen LogP contribution < -0.4 is 0 Å². The third-order valence-electron chi connectivity index (χ3n) is 3.24. The Morgan fingerprint density at radius 1 is 0.609 bits per heavy atom. The first-order chi connectivity index (χ1) is 11.2. The van der Waals surface area contributed by atoms with E-state index < -0.39 is 9.84 Å². The summed E-state index contributed by atoms with van der Waals surface area (Å²) in [7, 11) is -3.63. The minimum atomic E-state index is -3.63. The fourth-order valence-corrected chi connectivity index (χ4v) is 3.51. The Kier molecular flexibility index (Phi) is 4.30. The van der Waals surface area contributed by atoms with Gasteiger partial charge in [0.1, 0.15) is 5.69 Å². The van der Waals surface area contributed by atoms with Gasteiger partial charge in [0.05, 0.1) is 15.5 Å². The van der Waals surface area contributed by atoms with E-state index in [4.69, 9.17) is 0 Å². The molecule has 114 valence electrons. The van der Waals surface area contributed by atoms with Gasteiger partial charge in [-0.2, -0.15) is 5.11 Å². The molecule has 0 unspecified atom stereocenters. The summed E-state index contributed by atoms with van der Waals surface area (Å²) in [5, 5.41) is 8.22. The van der Waals surface area contributed by atoms with E-state index in [9.17, 15) is 8.42 Å². The summed E-state index contributed by atoms with van der Waals surface area (Å²) in [5.41, 5.74) is 0.986. The van der Waals surface area contributed by atoms with Crippen molar-refractivity contribution in [2.24, 2.45) is 10.2 Å². The smallest absolute Gasteiger partial charge is 0.208 e. The summed E-state index contributed by atoms with van der Waals surface area (Å²) in [6.07, 6.45) is 0. The number of rotatable bonds is 4. The van der Waals surface area contributed by atoms with Crippen molar-refractivity contribution in [2.75, 3.05) is 0 Å². The van der Waals surface area contributed by atoms with Crippen molar-refractivity contribution >= 4 is 21.2 Å². The first-order valence-corrected chi connectivity index (χ1v) is 8.52. The molecule has 0 aliphatic heterocycles. The van der Waals surface area contributed by atoms with Gasteiger partial charge < -0.3 is 0 Å². The van der Waals surface area contributed by atoms with Gasteiger partial charge in [0.2, 0.25) is 9.84 Å². The second kappa shape index (κ2) is 6.54. The first kappa shape index (κ1) is 15.1. The number of nitrogens with zero attached hydrogens (tertiary/aromatic N) is 2. The Morgan fingerprint density at radius 2 is 1.17 bits per heavy atom. The van der Waals surface area contributed by atoms with Gasteiger partial charge in [-0.3, -0.25) is 0 Å². The van der Waals surface area contributed by atoms with Gasteiger partial charge in [0.25, 0.3) is 0 Å². The lowest BCUT2D eigenvalue weighted by atomic mass is 10.3. The molecule has 4 nitrogen and oxygen atoms in total. The third-order valence-corrected chi connectivity index (χ3v) is 5.05. The van der Waals surface area contributed by atoms with Crippen LogP contribution in [-0.2, 0) is 9.84 Å². The number of hydrogen-bond acceptors (Lipinski definition) is 4. The molecule has 23 heavy (non-hydrogen) atoms. The van der Waals surface area contributed by atoms with Crippen LogP contribution >= 0.6 is 0 Å². The summed E-state index contributed by atoms with van der Waals surface area (Å²) >= 11 is 0. The molecule has 0 fully saturated rings. The maximum absolute atomic E-state index is 12.8. The highest BCUT2D eigenvalue weighted by atomic mass is 32.2. The van der Waals surface area contributed by atoms with E-state index in [0.29, 0.717) is 11.4 Å². The van der Waals surface area contributed by atoms with Crippen LogP contribution in [0, 0.1) is 0 Å². The molecule has 3 aromatic rings. The van der Waals surface area contributed by atoms with Gasteiger partial charge in [-0.05, 0) is 36.4 Å². The average molecular weight is 322 g/mol. The molecular weight excluding hydrogens is 308 g/mol. The van der Waals surface area contributed by atoms with Gasteiger partial charge in [0.15, 0.2) is 0 Å². The van der Waals surface area contributed by atoms with E-state index in [2.05, 4.69) is 10.2 Å². The van der Waals surface area contributed by atoms with Gasteiger partial charge in [0, 0.05) is 0 Å². The number of azo groups is 1. The molecule has 0 aliphatic carbocycles. The van der Waals surface area contributed by atoms with Crippen LogP contribution in [-0.4, -0.2) is 8.42 Å². The number of hydrogen-bond donors (Lipinski definition) is 0. The highest BCUT2D eigenvalue weighted by molar-refractivity contribution is 7.91. The fourth-order valence-electron chi connectivity index (χ4n) is 2.10. The standard InChI is InChI=1S/C18H14N2O2S/c21-23(22,16-11-5-2-6-12-16)18-14-8-7-13-17(18)20-19-15-9-3-1-4-10-15/h1-14H. The van der Waals surface area contributed by atoms with Crippen LogP contribution in [0.4, 0.5) is 11.4 Å². The van der Waals surface area contributed by atoms with Crippen LogP contribution in [0.25, 0.3) is 0 Å². The van der Waals surface area contributed by atoms with E-state index in [1.165, 1.54) is 0 Å².